The smallest absolute Gasteiger partial charge is 0.276 e. The number of hydrogen-bond acceptors (Lipinski definition) is 1. The van der Waals surface area contributed by atoms with Gasteiger partial charge < -0.3 is 5.41 Å². The molecule has 2 heteroatoms. The Bertz CT molecular complexity index is 301. The van der Waals surface area contributed by atoms with Crippen LogP contribution >= 0.6 is 0 Å². The standard InChI is InChI=1S/C7N2/c8-6-4-2-1-3-5-7-9. The molecule has 0 amide bonds. The highest BCUT2D eigenvalue weighted by atomic mass is 14.3. The summed E-state index contributed by atoms with van der Waals surface area (Å²) in [5.41, 5.74) is 8.63. The van der Waals surface area contributed by atoms with Gasteiger partial charge in [0.1, 0.15) is 5.73 Å². The molecule has 0 saturated heterocycles. The zero-order valence-electron chi connectivity index (χ0n) is 4.39. The van der Waals surface area contributed by atoms with Gasteiger partial charge in [0, 0.05) is 0 Å². The maximum absolute atomic E-state index is 7.85. The largest absolute Gasteiger partial charge is 0.755 e. The average molecular weight is 112 g/mol. The number of hydrogen-bond donors (Lipinski definition) is 0. The zero-order chi connectivity index (χ0) is 6.95. The van der Waals surface area contributed by atoms with E-state index in [1.54, 1.807) is 11.9 Å². The van der Waals surface area contributed by atoms with Crippen LogP contribution < -0.4 is 0 Å². The summed E-state index contributed by atoms with van der Waals surface area (Å²) in [6.07, 6.45) is 2.04. The van der Waals surface area contributed by atoms with E-state index in [-0.39, 0.29) is 0 Å². The molecule has 0 heterocycles. The minimum Gasteiger partial charge on any atom is -0.755 e. The van der Waals surface area contributed by atoms with Crippen LogP contribution in [0.25, 0.3) is 5.41 Å². The van der Waals surface area contributed by atoms with Gasteiger partial charge in [0.25, 0.3) is 12.1 Å². The molecule has 0 aromatic heterocycles. The van der Waals surface area contributed by atoms with Crippen molar-refractivity contribution in [3.05, 3.63) is 34.4 Å². The summed E-state index contributed by atoms with van der Waals surface area (Å²) in [6, 6.07) is 1.57. The van der Waals surface area contributed by atoms with E-state index >= 15 is 0 Å². The van der Waals surface area contributed by atoms with Gasteiger partial charge in [-0.1, -0.05) is 0 Å². The van der Waals surface area contributed by atoms with Crippen molar-refractivity contribution in [2.45, 2.75) is 0 Å². The molecule has 38 valence electrons. The van der Waals surface area contributed by atoms with E-state index in [0.717, 1.165) is 0 Å². The van der Waals surface area contributed by atoms with Crippen molar-refractivity contribution in [3.63, 3.8) is 0 Å². The third-order valence-electron chi connectivity index (χ3n) is 0.362. The van der Waals surface area contributed by atoms with Gasteiger partial charge in [0.15, 0.2) is 0 Å². The highest BCUT2D eigenvalue weighted by molar-refractivity contribution is 5.53. The summed E-state index contributed by atoms with van der Waals surface area (Å²) < 4.78 is 0. The summed E-state index contributed by atoms with van der Waals surface area (Å²) in [5, 5.41) is 15.7. The molecule has 0 aromatic rings. The predicted molar refractivity (Wildman–Crippen MR) is 31.3 cm³/mol. The SMILES string of the molecule is N#C[C+]=C=C=C=C=C=[N-]. The second-order valence-electron chi connectivity index (χ2n) is 0.849. The van der Waals surface area contributed by atoms with Crippen LogP contribution in [0.5, 0.6) is 0 Å². The molecule has 0 N–H and O–H groups in total. The number of nitriles is 1. The van der Waals surface area contributed by atoms with E-state index in [2.05, 4.69) is 17.2 Å². The first-order valence-electron chi connectivity index (χ1n) is 1.95. The first-order chi connectivity index (χ1) is 4.41. The fourth-order valence-corrected chi connectivity index (χ4v) is 0.150. The van der Waals surface area contributed by atoms with Crippen LogP contribution in [-0.2, 0) is 0 Å². The topological polar surface area (TPSA) is 46.1 Å². The summed E-state index contributed by atoms with van der Waals surface area (Å²) in [6.45, 7) is 0. The van der Waals surface area contributed by atoms with Crippen LogP contribution in [0.4, 0.5) is 0 Å². The van der Waals surface area contributed by atoms with Gasteiger partial charge in [0.2, 0.25) is 11.5 Å². The van der Waals surface area contributed by atoms with Gasteiger partial charge in [-0.25, -0.2) is 5.87 Å². The van der Waals surface area contributed by atoms with Crippen molar-refractivity contribution < 1.29 is 0 Å². The lowest BCUT2D eigenvalue weighted by Crippen LogP contribution is -1.34. The molecule has 0 radical (unpaired) electrons. The maximum Gasteiger partial charge on any atom is 0.276 e. The van der Waals surface area contributed by atoms with Crippen molar-refractivity contribution in [2.75, 3.05) is 0 Å². The molecule has 0 aliphatic rings. The van der Waals surface area contributed by atoms with E-state index in [0.29, 0.717) is 0 Å². The molecular weight excluding hydrogens is 112 g/mol. The molecule has 0 bridgehead atoms. The lowest BCUT2D eigenvalue weighted by atomic mass is 10.6. The van der Waals surface area contributed by atoms with Crippen molar-refractivity contribution in [2.24, 2.45) is 0 Å². The van der Waals surface area contributed by atoms with Crippen molar-refractivity contribution >= 4 is 5.87 Å². The molecule has 0 fully saturated rings. The fraction of sp³-hybridized carbons (Fsp3) is 0. The Morgan fingerprint density at radius 2 is 2.00 bits per heavy atom. The van der Waals surface area contributed by atoms with E-state index in [1.807, 2.05) is 11.8 Å². The quantitative estimate of drug-likeness (QED) is 0.197. The molecule has 0 unspecified atom stereocenters. The monoisotopic (exact) mass is 112 g/mol. The number of allylic oxidation sites excluding steroid dienone is 1. The molecule has 0 aliphatic carbocycles. The van der Waals surface area contributed by atoms with E-state index in [1.165, 1.54) is 0 Å². The molecule has 0 spiro atoms. The van der Waals surface area contributed by atoms with Crippen molar-refractivity contribution in [1.82, 2.24) is 0 Å². The normalized spacial score (nSPS) is 3.44. The van der Waals surface area contributed by atoms with Crippen LogP contribution in [0.2, 0.25) is 0 Å². The third-order valence-corrected chi connectivity index (χ3v) is 0.362. The van der Waals surface area contributed by atoms with Gasteiger partial charge >= 0.3 is 0 Å². The van der Waals surface area contributed by atoms with Crippen molar-refractivity contribution in [1.29, 1.82) is 5.26 Å². The highest BCUT2D eigenvalue weighted by Crippen LogP contribution is 1.53. The fourth-order valence-electron chi connectivity index (χ4n) is 0.150. The Morgan fingerprint density at radius 1 is 1.22 bits per heavy atom. The summed E-state index contributed by atoms with van der Waals surface area (Å²) >= 11 is 0. The first kappa shape index (κ1) is 6.97. The van der Waals surface area contributed by atoms with Crippen LogP contribution in [0, 0.1) is 17.4 Å². The third kappa shape index (κ3) is 5.97. The van der Waals surface area contributed by atoms with Gasteiger partial charge in [-0.2, -0.15) is 5.26 Å². The van der Waals surface area contributed by atoms with E-state index in [4.69, 9.17) is 10.7 Å². The van der Waals surface area contributed by atoms with Gasteiger partial charge in [0.05, 0.1) is 0 Å². The second-order valence-corrected chi connectivity index (χ2v) is 0.849. The van der Waals surface area contributed by atoms with Gasteiger partial charge in [-0.05, 0) is 5.73 Å². The highest BCUT2D eigenvalue weighted by Gasteiger charge is 1.65. The number of nitrogens with zero attached hydrogens (tertiary/aromatic N) is 2. The van der Waals surface area contributed by atoms with E-state index in [9.17, 15) is 0 Å². The molecule has 0 aromatic carbocycles. The molecular formula is C7N2. The Balaban J connectivity index is 4.76. The number of rotatable bonds is 0. The summed E-state index contributed by atoms with van der Waals surface area (Å²) in [5.74, 6) is 1.57. The lowest BCUT2D eigenvalue weighted by Gasteiger charge is -1.44. The molecule has 9 heavy (non-hydrogen) atoms. The Hall–Kier alpha value is -2.03. The summed E-state index contributed by atoms with van der Waals surface area (Å²) in [4.78, 5) is 0. The zero-order valence-corrected chi connectivity index (χ0v) is 4.39. The van der Waals surface area contributed by atoms with Crippen LogP contribution in [-0.4, -0.2) is 5.87 Å². The minimum absolute atomic E-state index is 1.57. The van der Waals surface area contributed by atoms with Gasteiger partial charge in [-0.3, -0.25) is 0 Å². The van der Waals surface area contributed by atoms with E-state index < -0.39 is 0 Å². The minimum atomic E-state index is 1.57. The Labute approximate surface area is 52.6 Å². The molecule has 0 saturated carbocycles. The first-order valence-corrected chi connectivity index (χ1v) is 1.95. The van der Waals surface area contributed by atoms with Crippen LogP contribution in [0.3, 0.4) is 0 Å². The Morgan fingerprint density at radius 3 is 2.56 bits per heavy atom. The molecule has 0 atom stereocenters. The predicted octanol–water partition coefficient (Wildman–Crippen LogP) is 0.729. The van der Waals surface area contributed by atoms with Gasteiger partial charge in [-0.15, -0.1) is 0 Å². The lowest BCUT2D eigenvalue weighted by molar-refractivity contribution is 1.52. The second kappa shape index (κ2) is 5.97. The summed E-state index contributed by atoms with van der Waals surface area (Å²) in [7, 11) is 0. The molecule has 0 rings (SSSR count). The molecule has 2 nitrogen and oxygen atoms in total. The van der Waals surface area contributed by atoms with Crippen LogP contribution in [0.1, 0.15) is 0 Å². The average Bonchev–Trinajstić information content (AvgIpc) is 1.89. The van der Waals surface area contributed by atoms with Crippen molar-refractivity contribution in [3.8, 4) is 6.07 Å². The van der Waals surface area contributed by atoms with Crippen LogP contribution in [0.15, 0.2) is 22.9 Å². The molecule has 0 aliphatic heterocycles. The Kier molecular flexibility index (Phi) is 4.62. The maximum atomic E-state index is 7.85.